The van der Waals surface area contributed by atoms with Crippen LogP contribution >= 0.6 is 15.9 Å². The first-order valence-corrected chi connectivity index (χ1v) is 5.19. The van der Waals surface area contributed by atoms with Gasteiger partial charge in [0.2, 0.25) is 0 Å². The molecule has 0 aliphatic carbocycles. The smallest absolute Gasteiger partial charge is 0.378 e. The van der Waals surface area contributed by atoms with Crippen LogP contribution in [0.4, 0.5) is 0 Å². The van der Waals surface area contributed by atoms with Gasteiger partial charge in [0.05, 0.1) is 11.1 Å². The molecule has 15 heavy (non-hydrogen) atoms. The quantitative estimate of drug-likeness (QED) is 0.779. The highest BCUT2D eigenvalue weighted by Gasteiger charge is 2.14. The number of nitrogens with zero attached hydrogens (tertiary/aromatic N) is 3. The Hall–Kier alpha value is -1.43. The highest BCUT2D eigenvalue weighted by molar-refractivity contribution is 9.10. The molecule has 0 N–H and O–H groups in total. The van der Waals surface area contributed by atoms with Gasteiger partial charge in [0.25, 0.3) is 5.82 Å². The number of hydrogen-bond donors (Lipinski definition) is 0. The molecular weight excluding hydrogens is 262 g/mol. The molecule has 0 saturated heterocycles. The molecule has 0 aliphatic heterocycles. The van der Waals surface area contributed by atoms with E-state index in [9.17, 15) is 4.79 Å². The molecule has 0 aliphatic rings. The van der Waals surface area contributed by atoms with Crippen molar-refractivity contribution in [3.05, 3.63) is 28.6 Å². The number of hydrogen-bond acceptors (Lipinski definition) is 4. The van der Waals surface area contributed by atoms with Crippen LogP contribution in [0.2, 0.25) is 0 Å². The second kappa shape index (κ2) is 3.98. The van der Waals surface area contributed by atoms with E-state index < -0.39 is 5.97 Å². The minimum Gasteiger partial charge on any atom is -0.460 e. The third kappa shape index (κ3) is 1.85. The molecule has 6 heteroatoms. The summed E-state index contributed by atoms with van der Waals surface area (Å²) < 4.78 is 7.11. The standard InChI is InChI=1S/C9H8BrN3O2/c1-2-15-9(14)7-11-8-6(10)4-3-5-13(8)12-7/h3-5H,2H2,1H3. The predicted molar refractivity (Wildman–Crippen MR) is 56.6 cm³/mol. The Kier molecular flexibility index (Phi) is 2.68. The fourth-order valence-corrected chi connectivity index (χ4v) is 1.58. The van der Waals surface area contributed by atoms with E-state index >= 15 is 0 Å². The van der Waals surface area contributed by atoms with Crippen LogP contribution in [-0.4, -0.2) is 27.2 Å². The highest BCUT2D eigenvalue weighted by atomic mass is 79.9. The molecule has 0 aromatic carbocycles. The Morgan fingerprint density at radius 2 is 2.47 bits per heavy atom. The summed E-state index contributed by atoms with van der Waals surface area (Å²) in [5, 5.41) is 3.99. The largest absolute Gasteiger partial charge is 0.460 e. The maximum absolute atomic E-state index is 11.3. The van der Waals surface area contributed by atoms with Gasteiger partial charge in [-0.25, -0.2) is 9.31 Å². The van der Waals surface area contributed by atoms with Crippen LogP contribution in [0.15, 0.2) is 22.8 Å². The van der Waals surface area contributed by atoms with E-state index in [-0.39, 0.29) is 5.82 Å². The van der Waals surface area contributed by atoms with Crippen LogP contribution in [0.25, 0.3) is 5.65 Å². The highest BCUT2D eigenvalue weighted by Crippen LogP contribution is 2.15. The zero-order valence-corrected chi connectivity index (χ0v) is 9.56. The third-order valence-electron chi connectivity index (χ3n) is 1.77. The SMILES string of the molecule is CCOC(=O)c1nc2c(Br)cccn2n1. The van der Waals surface area contributed by atoms with Crippen molar-refractivity contribution < 1.29 is 9.53 Å². The van der Waals surface area contributed by atoms with Crippen LogP contribution in [0.3, 0.4) is 0 Å². The van der Waals surface area contributed by atoms with Crippen molar-refractivity contribution in [1.82, 2.24) is 14.6 Å². The summed E-state index contributed by atoms with van der Waals surface area (Å²) in [6.07, 6.45) is 1.72. The van der Waals surface area contributed by atoms with Crippen LogP contribution in [0.1, 0.15) is 17.5 Å². The summed E-state index contributed by atoms with van der Waals surface area (Å²) in [5.41, 5.74) is 0.598. The first-order chi connectivity index (χ1) is 7.22. The van der Waals surface area contributed by atoms with E-state index in [1.165, 1.54) is 4.52 Å². The molecule has 0 bridgehead atoms. The maximum atomic E-state index is 11.3. The van der Waals surface area contributed by atoms with Gasteiger partial charge in [0.15, 0.2) is 5.65 Å². The Balaban J connectivity index is 2.47. The lowest BCUT2D eigenvalue weighted by molar-refractivity contribution is 0.0512. The Morgan fingerprint density at radius 3 is 3.13 bits per heavy atom. The van der Waals surface area contributed by atoms with Crippen molar-refractivity contribution in [2.45, 2.75) is 6.92 Å². The average molecular weight is 270 g/mol. The van der Waals surface area contributed by atoms with Gasteiger partial charge in [0, 0.05) is 6.20 Å². The van der Waals surface area contributed by atoms with Gasteiger partial charge in [-0.1, -0.05) is 0 Å². The summed E-state index contributed by atoms with van der Waals surface area (Å²) in [6.45, 7) is 2.05. The molecule has 5 nitrogen and oxygen atoms in total. The number of carbonyl (C=O) groups excluding carboxylic acids is 1. The van der Waals surface area contributed by atoms with Crippen LogP contribution in [0, 0.1) is 0 Å². The van der Waals surface area contributed by atoms with Crippen molar-refractivity contribution in [2.75, 3.05) is 6.61 Å². The van der Waals surface area contributed by atoms with Crippen molar-refractivity contribution in [2.24, 2.45) is 0 Å². The van der Waals surface area contributed by atoms with E-state index in [1.54, 1.807) is 19.2 Å². The van der Waals surface area contributed by atoms with E-state index in [0.717, 1.165) is 4.47 Å². The fraction of sp³-hybridized carbons (Fsp3) is 0.222. The Morgan fingerprint density at radius 1 is 1.67 bits per heavy atom. The summed E-state index contributed by atoms with van der Waals surface area (Å²) >= 11 is 3.32. The molecular formula is C9H8BrN3O2. The minimum atomic E-state index is -0.506. The summed E-state index contributed by atoms with van der Waals surface area (Å²) in [6, 6.07) is 3.64. The molecule has 2 heterocycles. The van der Waals surface area contributed by atoms with Crippen molar-refractivity contribution in [1.29, 1.82) is 0 Å². The molecule has 0 spiro atoms. The number of fused-ring (bicyclic) bond motifs is 1. The average Bonchev–Trinajstić information content (AvgIpc) is 2.63. The predicted octanol–water partition coefficient (Wildman–Crippen LogP) is 1.67. The van der Waals surface area contributed by atoms with Gasteiger partial charge in [-0.15, -0.1) is 5.10 Å². The molecule has 0 radical (unpaired) electrons. The van der Waals surface area contributed by atoms with Gasteiger partial charge in [-0.3, -0.25) is 0 Å². The number of aromatic nitrogens is 3. The van der Waals surface area contributed by atoms with Crippen molar-refractivity contribution in [3.63, 3.8) is 0 Å². The third-order valence-corrected chi connectivity index (χ3v) is 2.39. The lowest BCUT2D eigenvalue weighted by atomic mass is 10.5. The molecule has 0 saturated carbocycles. The monoisotopic (exact) mass is 269 g/mol. The zero-order chi connectivity index (χ0) is 10.8. The van der Waals surface area contributed by atoms with Gasteiger partial charge < -0.3 is 4.74 Å². The van der Waals surface area contributed by atoms with E-state index in [4.69, 9.17) is 4.74 Å². The van der Waals surface area contributed by atoms with Crippen LogP contribution in [-0.2, 0) is 4.74 Å². The van der Waals surface area contributed by atoms with Crippen LogP contribution < -0.4 is 0 Å². The van der Waals surface area contributed by atoms with Crippen molar-refractivity contribution >= 4 is 27.5 Å². The van der Waals surface area contributed by atoms with Gasteiger partial charge in [-0.2, -0.15) is 4.98 Å². The first kappa shape index (κ1) is 10.1. The fourth-order valence-electron chi connectivity index (χ4n) is 1.16. The number of ether oxygens (including phenoxy) is 1. The molecule has 0 amide bonds. The Labute approximate surface area is 94.2 Å². The first-order valence-electron chi connectivity index (χ1n) is 4.40. The normalized spacial score (nSPS) is 10.5. The molecule has 0 atom stereocenters. The number of rotatable bonds is 2. The lowest BCUT2D eigenvalue weighted by Crippen LogP contribution is -2.06. The molecule has 0 fully saturated rings. The number of pyridine rings is 1. The van der Waals surface area contributed by atoms with Gasteiger partial charge in [-0.05, 0) is 35.0 Å². The van der Waals surface area contributed by atoms with E-state index in [1.807, 2.05) is 6.07 Å². The number of halogens is 1. The van der Waals surface area contributed by atoms with E-state index in [0.29, 0.717) is 12.3 Å². The minimum absolute atomic E-state index is 0.0729. The number of esters is 1. The molecule has 2 rings (SSSR count). The van der Waals surface area contributed by atoms with Crippen molar-refractivity contribution in [3.8, 4) is 0 Å². The lowest BCUT2D eigenvalue weighted by Gasteiger charge is -1.93. The number of carbonyl (C=O) groups is 1. The van der Waals surface area contributed by atoms with Crippen LogP contribution in [0.5, 0.6) is 0 Å². The second-order valence-corrected chi connectivity index (χ2v) is 3.63. The van der Waals surface area contributed by atoms with E-state index in [2.05, 4.69) is 26.0 Å². The molecule has 78 valence electrons. The molecule has 0 unspecified atom stereocenters. The summed E-state index contributed by atoms with van der Waals surface area (Å²) in [4.78, 5) is 15.4. The molecule has 2 aromatic heterocycles. The maximum Gasteiger partial charge on any atom is 0.378 e. The molecule has 2 aromatic rings. The topological polar surface area (TPSA) is 56.5 Å². The zero-order valence-electron chi connectivity index (χ0n) is 7.98. The second-order valence-electron chi connectivity index (χ2n) is 2.78. The Bertz CT molecular complexity index is 509. The summed E-state index contributed by atoms with van der Waals surface area (Å²) in [5.74, 6) is -0.433. The summed E-state index contributed by atoms with van der Waals surface area (Å²) in [7, 11) is 0. The van der Waals surface area contributed by atoms with Gasteiger partial charge in [0.1, 0.15) is 0 Å². The van der Waals surface area contributed by atoms with Gasteiger partial charge >= 0.3 is 5.97 Å².